The number of piperidine rings is 1. The van der Waals surface area contributed by atoms with Gasteiger partial charge >= 0.3 is 0 Å². The van der Waals surface area contributed by atoms with Gasteiger partial charge in [-0.2, -0.15) is 0 Å². The quantitative estimate of drug-likeness (QED) is 0.792. The van der Waals surface area contributed by atoms with Crippen LogP contribution in [0.5, 0.6) is 0 Å². The van der Waals surface area contributed by atoms with Crippen molar-refractivity contribution in [3.63, 3.8) is 0 Å². The molecule has 2 aliphatic rings. The minimum atomic E-state index is -0.411. The Morgan fingerprint density at radius 2 is 1.92 bits per heavy atom. The average molecular weight is 333 g/mol. The predicted octanol–water partition coefficient (Wildman–Crippen LogP) is 2.63. The maximum atomic E-state index is 14.0. The van der Waals surface area contributed by atoms with Gasteiger partial charge < -0.3 is 9.80 Å². The molecule has 132 valence electrons. The zero-order valence-corrected chi connectivity index (χ0v) is 14.8. The molecule has 0 saturated carbocycles. The van der Waals surface area contributed by atoms with Crippen LogP contribution in [0, 0.1) is 5.82 Å². The van der Waals surface area contributed by atoms with Gasteiger partial charge in [0.05, 0.1) is 11.3 Å². The number of likely N-dealkylation sites (tertiary alicyclic amines) is 1. The van der Waals surface area contributed by atoms with Crippen molar-refractivity contribution in [2.45, 2.75) is 32.2 Å². The number of piperazine rings is 1. The number of hydrogen-bond donors (Lipinski definition) is 0. The summed E-state index contributed by atoms with van der Waals surface area (Å²) in [5.74, 6) is -0.611. The maximum Gasteiger partial charge on any atom is 0.164 e. The van der Waals surface area contributed by atoms with Crippen LogP contribution in [0.4, 0.5) is 10.1 Å². The highest BCUT2D eigenvalue weighted by Crippen LogP contribution is 2.25. The molecule has 2 aliphatic heterocycles. The first-order chi connectivity index (χ1) is 11.6. The van der Waals surface area contributed by atoms with Gasteiger partial charge in [-0.05, 0) is 45.5 Å². The molecule has 1 atom stereocenters. The Bertz CT molecular complexity index is 584. The van der Waals surface area contributed by atoms with Gasteiger partial charge in [0, 0.05) is 38.8 Å². The lowest BCUT2D eigenvalue weighted by Crippen LogP contribution is -2.52. The van der Waals surface area contributed by atoms with E-state index in [2.05, 4.69) is 21.7 Å². The van der Waals surface area contributed by atoms with Crippen LogP contribution < -0.4 is 4.90 Å². The monoisotopic (exact) mass is 333 g/mol. The van der Waals surface area contributed by atoms with Gasteiger partial charge in [-0.3, -0.25) is 9.69 Å². The van der Waals surface area contributed by atoms with Crippen molar-refractivity contribution in [1.29, 1.82) is 0 Å². The summed E-state index contributed by atoms with van der Waals surface area (Å²) in [6, 6.07) is 5.59. The molecule has 1 aromatic carbocycles. The zero-order valence-electron chi connectivity index (χ0n) is 14.8. The summed E-state index contributed by atoms with van der Waals surface area (Å²) < 4.78 is 14.0. The first-order valence-electron chi connectivity index (χ1n) is 9.03. The summed E-state index contributed by atoms with van der Waals surface area (Å²) in [4.78, 5) is 19.0. The van der Waals surface area contributed by atoms with E-state index in [0.717, 1.165) is 38.4 Å². The zero-order chi connectivity index (χ0) is 17.1. The fourth-order valence-corrected chi connectivity index (χ4v) is 3.97. The largest absolute Gasteiger partial charge is 0.368 e. The molecule has 0 radical (unpaired) electrons. The van der Waals surface area contributed by atoms with E-state index in [1.54, 1.807) is 6.07 Å². The maximum absolute atomic E-state index is 14.0. The second kappa shape index (κ2) is 7.62. The summed E-state index contributed by atoms with van der Waals surface area (Å²) in [7, 11) is 2.23. The Morgan fingerprint density at radius 3 is 2.58 bits per heavy atom. The molecule has 3 rings (SSSR count). The van der Waals surface area contributed by atoms with E-state index >= 15 is 0 Å². The van der Waals surface area contributed by atoms with Gasteiger partial charge in [0.15, 0.2) is 5.78 Å². The van der Waals surface area contributed by atoms with Crippen LogP contribution in [-0.2, 0) is 0 Å². The van der Waals surface area contributed by atoms with E-state index in [9.17, 15) is 9.18 Å². The molecule has 0 bridgehead atoms. The lowest BCUT2D eigenvalue weighted by atomic mass is 10.0. The van der Waals surface area contributed by atoms with Crippen LogP contribution in [0.3, 0.4) is 0 Å². The SMILES string of the molecule is CC(=O)c1c(F)cccc1N1CCN(CC2CCCCN2C)CC1. The van der Waals surface area contributed by atoms with Crippen molar-refractivity contribution in [2.75, 3.05) is 51.2 Å². The molecule has 4 nitrogen and oxygen atoms in total. The highest BCUT2D eigenvalue weighted by molar-refractivity contribution is 6.00. The first kappa shape index (κ1) is 17.4. The third kappa shape index (κ3) is 3.78. The molecule has 0 N–H and O–H groups in total. The fourth-order valence-electron chi connectivity index (χ4n) is 3.97. The smallest absolute Gasteiger partial charge is 0.164 e. The van der Waals surface area contributed by atoms with Gasteiger partial charge in [0.25, 0.3) is 0 Å². The van der Waals surface area contributed by atoms with Crippen molar-refractivity contribution in [3.05, 3.63) is 29.6 Å². The van der Waals surface area contributed by atoms with Gasteiger partial charge in [0.2, 0.25) is 0 Å². The molecule has 24 heavy (non-hydrogen) atoms. The van der Waals surface area contributed by atoms with Gasteiger partial charge in [-0.25, -0.2) is 4.39 Å². The van der Waals surface area contributed by atoms with Gasteiger partial charge in [-0.15, -0.1) is 0 Å². The minimum Gasteiger partial charge on any atom is -0.368 e. The molecule has 0 aromatic heterocycles. The normalized spacial score (nSPS) is 23.5. The highest BCUT2D eigenvalue weighted by atomic mass is 19.1. The second-order valence-corrected chi connectivity index (χ2v) is 7.11. The molecular weight excluding hydrogens is 305 g/mol. The predicted molar refractivity (Wildman–Crippen MR) is 95.3 cm³/mol. The molecule has 1 aromatic rings. The van der Waals surface area contributed by atoms with Crippen LogP contribution in [0.25, 0.3) is 0 Å². The molecule has 0 amide bonds. The molecule has 5 heteroatoms. The molecule has 0 spiro atoms. The Kier molecular flexibility index (Phi) is 5.51. The van der Waals surface area contributed by atoms with Crippen LogP contribution in [0.15, 0.2) is 18.2 Å². The van der Waals surface area contributed by atoms with E-state index in [4.69, 9.17) is 0 Å². The molecule has 1 unspecified atom stereocenters. The first-order valence-corrected chi connectivity index (χ1v) is 9.03. The molecule has 0 aliphatic carbocycles. The van der Waals surface area contributed by atoms with E-state index in [1.807, 2.05) is 6.07 Å². The number of carbonyl (C=O) groups excluding carboxylic acids is 1. The van der Waals surface area contributed by atoms with E-state index in [0.29, 0.717) is 6.04 Å². The molecule has 2 fully saturated rings. The third-order valence-electron chi connectivity index (χ3n) is 5.45. The number of Topliss-reactive ketones (excluding diaryl/α,β-unsaturated/α-hetero) is 1. The summed E-state index contributed by atoms with van der Waals surface area (Å²) >= 11 is 0. The molecular formula is C19H28FN3O. The second-order valence-electron chi connectivity index (χ2n) is 7.11. The molecule has 2 heterocycles. The molecule has 2 saturated heterocycles. The van der Waals surface area contributed by atoms with Crippen molar-refractivity contribution in [3.8, 4) is 0 Å². The van der Waals surface area contributed by atoms with Crippen molar-refractivity contribution >= 4 is 11.5 Å². The van der Waals surface area contributed by atoms with Crippen molar-refractivity contribution in [1.82, 2.24) is 9.80 Å². The summed E-state index contributed by atoms with van der Waals surface area (Å²) in [6.45, 7) is 7.40. The highest BCUT2D eigenvalue weighted by Gasteiger charge is 2.26. The van der Waals surface area contributed by atoms with E-state index in [-0.39, 0.29) is 11.3 Å². The van der Waals surface area contributed by atoms with Crippen molar-refractivity contribution in [2.24, 2.45) is 0 Å². The Morgan fingerprint density at radius 1 is 1.17 bits per heavy atom. The van der Waals surface area contributed by atoms with E-state index in [1.165, 1.54) is 38.8 Å². The van der Waals surface area contributed by atoms with Gasteiger partial charge in [-0.1, -0.05) is 12.5 Å². The summed E-state index contributed by atoms with van der Waals surface area (Å²) in [5, 5.41) is 0. The Labute approximate surface area is 144 Å². The van der Waals surface area contributed by atoms with Crippen molar-refractivity contribution < 1.29 is 9.18 Å². The number of rotatable bonds is 4. The lowest BCUT2D eigenvalue weighted by molar-refractivity contribution is 0.101. The number of likely N-dealkylation sites (N-methyl/N-ethyl adjacent to an activating group) is 1. The number of benzene rings is 1. The van der Waals surface area contributed by atoms with E-state index < -0.39 is 5.82 Å². The number of hydrogen-bond acceptors (Lipinski definition) is 4. The number of ketones is 1. The van der Waals surface area contributed by atoms with Crippen LogP contribution in [0.2, 0.25) is 0 Å². The topological polar surface area (TPSA) is 26.8 Å². The summed E-state index contributed by atoms with van der Waals surface area (Å²) in [6.07, 6.45) is 3.93. The Balaban J connectivity index is 1.61. The number of anilines is 1. The number of carbonyl (C=O) groups is 1. The number of halogens is 1. The lowest BCUT2D eigenvalue weighted by Gasteiger charge is -2.41. The van der Waals surface area contributed by atoms with Crippen LogP contribution >= 0.6 is 0 Å². The third-order valence-corrected chi connectivity index (χ3v) is 5.45. The van der Waals surface area contributed by atoms with Crippen LogP contribution in [-0.4, -0.2) is 67.9 Å². The number of nitrogens with zero attached hydrogens (tertiary/aromatic N) is 3. The van der Waals surface area contributed by atoms with Gasteiger partial charge in [0.1, 0.15) is 5.82 Å². The Hall–Kier alpha value is -1.46. The average Bonchev–Trinajstić information content (AvgIpc) is 2.57. The minimum absolute atomic E-state index is 0.200. The standard InChI is InChI=1S/C19H28FN3O/c1-15(24)19-17(20)7-5-8-18(19)23-12-10-22(11-13-23)14-16-6-3-4-9-21(16)2/h5,7-8,16H,3-4,6,9-14H2,1-2H3. The fraction of sp³-hybridized carbons (Fsp3) is 0.632. The summed E-state index contributed by atoms with van der Waals surface area (Å²) in [5.41, 5.74) is 0.981. The van der Waals surface area contributed by atoms with Crippen LogP contribution in [0.1, 0.15) is 36.5 Å².